The van der Waals surface area contributed by atoms with E-state index >= 15 is 0 Å². The number of rotatable bonds is 6. The monoisotopic (exact) mass is 365 g/mol. The number of nitrogens with one attached hydrogen (secondary N) is 2. The summed E-state index contributed by atoms with van der Waals surface area (Å²) in [4.78, 5) is 33.8. The summed E-state index contributed by atoms with van der Waals surface area (Å²) < 4.78 is 0. The first kappa shape index (κ1) is 17.7. The van der Waals surface area contributed by atoms with Crippen molar-refractivity contribution in [3.63, 3.8) is 0 Å². The fraction of sp³-hybridized carbons (Fsp3) is 0.0588. The standard InChI is InChI=1S/C17H15N7O3/c18-15-14(24(26)27)10-21-17(23-15)20-9-11-1-3-12(4-2-11)16(25)22-13-5-7-19-8-6-13/h1-8,10H,9H2,(H,19,22,25)(H3,18,20,21,23). The Balaban J connectivity index is 1.60. The van der Waals surface area contributed by atoms with Gasteiger partial charge in [0.15, 0.2) is 0 Å². The molecule has 0 saturated heterocycles. The van der Waals surface area contributed by atoms with Gasteiger partial charge in [0, 0.05) is 30.2 Å². The lowest BCUT2D eigenvalue weighted by molar-refractivity contribution is -0.384. The molecule has 3 rings (SSSR count). The van der Waals surface area contributed by atoms with Crippen LogP contribution in [-0.4, -0.2) is 25.8 Å². The highest BCUT2D eigenvalue weighted by Crippen LogP contribution is 2.18. The molecule has 3 aromatic rings. The zero-order chi connectivity index (χ0) is 19.2. The zero-order valence-electron chi connectivity index (χ0n) is 14.0. The van der Waals surface area contributed by atoms with Crippen LogP contribution in [-0.2, 0) is 6.54 Å². The molecule has 0 aliphatic rings. The van der Waals surface area contributed by atoms with Crippen LogP contribution in [0.3, 0.4) is 0 Å². The van der Waals surface area contributed by atoms with Gasteiger partial charge >= 0.3 is 5.69 Å². The van der Waals surface area contributed by atoms with E-state index in [0.29, 0.717) is 17.8 Å². The number of nitrogens with two attached hydrogens (primary N) is 1. The number of hydrogen-bond donors (Lipinski definition) is 3. The van der Waals surface area contributed by atoms with Crippen LogP contribution < -0.4 is 16.4 Å². The molecule has 10 heteroatoms. The maximum Gasteiger partial charge on any atom is 0.329 e. The number of carbonyl (C=O) groups excluding carboxylic acids is 1. The van der Waals surface area contributed by atoms with Crippen molar-refractivity contribution in [3.8, 4) is 0 Å². The van der Waals surface area contributed by atoms with Gasteiger partial charge in [0.1, 0.15) is 6.20 Å². The predicted molar refractivity (Wildman–Crippen MR) is 99.1 cm³/mol. The van der Waals surface area contributed by atoms with Crippen molar-refractivity contribution in [2.24, 2.45) is 0 Å². The highest BCUT2D eigenvalue weighted by Gasteiger charge is 2.14. The number of pyridine rings is 1. The van der Waals surface area contributed by atoms with E-state index in [1.165, 1.54) is 0 Å². The molecule has 2 aromatic heterocycles. The Morgan fingerprint density at radius 1 is 1.15 bits per heavy atom. The molecule has 1 aromatic carbocycles. The van der Waals surface area contributed by atoms with Crippen molar-refractivity contribution in [2.45, 2.75) is 6.54 Å². The number of nitrogen functional groups attached to an aromatic ring is 1. The van der Waals surface area contributed by atoms with E-state index < -0.39 is 4.92 Å². The number of aromatic nitrogens is 3. The number of anilines is 3. The summed E-state index contributed by atoms with van der Waals surface area (Å²) in [6.07, 6.45) is 4.24. The topological polar surface area (TPSA) is 149 Å². The SMILES string of the molecule is Nc1nc(NCc2ccc(C(=O)Nc3ccncc3)cc2)ncc1[N+](=O)[O-]. The molecular formula is C17H15N7O3. The van der Waals surface area contributed by atoms with Crippen LogP contribution in [0.4, 0.5) is 23.1 Å². The van der Waals surface area contributed by atoms with Crippen LogP contribution in [0.1, 0.15) is 15.9 Å². The number of nitro groups is 1. The van der Waals surface area contributed by atoms with Gasteiger partial charge in [0.2, 0.25) is 11.8 Å². The Labute approximate surface area is 153 Å². The number of hydrogen-bond acceptors (Lipinski definition) is 8. The minimum absolute atomic E-state index is 0.178. The Hall–Kier alpha value is -4.08. The average Bonchev–Trinajstić information content (AvgIpc) is 2.67. The summed E-state index contributed by atoms with van der Waals surface area (Å²) in [6, 6.07) is 10.3. The highest BCUT2D eigenvalue weighted by atomic mass is 16.6. The summed E-state index contributed by atoms with van der Waals surface area (Å²) in [7, 11) is 0. The predicted octanol–water partition coefficient (Wildman–Crippen LogP) is 2.23. The molecular weight excluding hydrogens is 350 g/mol. The minimum atomic E-state index is -0.644. The molecule has 0 aliphatic heterocycles. The normalized spacial score (nSPS) is 10.2. The van der Waals surface area contributed by atoms with Crippen LogP contribution in [0.15, 0.2) is 55.0 Å². The third-order valence-corrected chi connectivity index (χ3v) is 3.60. The second-order valence-corrected chi connectivity index (χ2v) is 5.46. The quantitative estimate of drug-likeness (QED) is 0.444. The van der Waals surface area contributed by atoms with Gasteiger partial charge in [-0.3, -0.25) is 19.9 Å². The molecule has 4 N–H and O–H groups in total. The van der Waals surface area contributed by atoms with E-state index in [1.54, 1.807) is 48.8 Å². The summed E-state index contributed by atoms with van der Waals surface area (Å²) in [5.41, 5.74) is 7.22. The van der Waals surface area contributed by atoms with Crippen LogP contribution in [0.2, 0.25) is 0 Å². The molecule has 27 heavy (non-hydrogen) atoms. The molecule has 10 nitrogen and oxygen atoms in total. The van der Waals surface area contributed by atoms with Crippen molar-refractivity contribution < 1.29 is 9.72 Å². The first-order chi connectivity index (χ1) is 13.0. The van der Waals surface area contributed by atoms with E-state index in [1.807, 2.05) is 0 Å². The van der Waals surface area contributed by atoms with E-state index in [-0.39, 0.29) is 23.4 Å². The Morgan fingerprint density at radius 2 is 1.85 bits per heavy atom. The maximum absolute atomic E-state index is 12.2. The molecule has 136 valence electrons. The van der Waals surface area contributed by atoms with E-state index in [4.69, 9.17) is 5.73 Å². The molecule has 0 fully saturated rings. The Bertz CT molecular complexity index is 962. The highest BCUT2D eigenvalue weighted by molar-refractivity contribution is 6.04. The minimum Gasteiger partial charge on any atom is -0.378 e. The van der Waals surface area contributed by atoms with Crippen molar-refractivity contribution >= 4 is 29.0 Å². The lowest BCUT2D eigenvalue weighted by Crippen LogP contribution is -2.12. The largest absolute Gasteiger partial charge is 0.378 e. The second kappa shape index (κ2) is 7.87. The Morgan fingerprint density at radius 3 is 2.48 bits per heavy atom. The molecule has 1 amide bonds. The zero-order valence-corrected chi connectivity index (χ0v) is 14.0. The molecule has 0 unspecified atom stereocenters. The second-order valence-electron chi connectivity index (χ2n) is 5.46. The fourth-order valence-electron chi connectivity index (χ4n) is 2.21. The molecule has 0 saturated carbocycles. The molecule has 0 bridgehead atoms. The summed E-state index contributed by atoms with van der Waals surface area (Å²) in [5.74, 6) is -0.259. The van der Waals surface area contributed by atoms with Gasteiger partial charge in [0.05, 0.1) is 4.92 Å². The van der Waals surface area contributed by atoms with Gasteiger partial charge < -0.3 is 16.4 Å². The van der Waals surface area contributed by atoms with Gasteiger partial charge in [0.25, 0.3) is 5.91 Å². The number of carbonyl (C=O) groups is 1. The van der Waals surface area contributed by atoms with E-state index in [2.05, 4.69) is 25.6 Å². The van der Waals surface area contributed by atoms with Crippen molar-refractivity contribution in [2.75, 3.05) is 16.4 Å². The fourth-order valence-corrected chi connectivity index (χ4v) is 2.21. The number of amides is 1. The lowest BCUT2D eigenvalue weighted by atomic mass is 10.1. The summed E-state index contributed by atoms with van der Waals surface area (Å²) >= 11 is 0. The molecule has 0 radical (unpaired) electrons. The Kier molecular flexibility index (Phi) is 5.17. The van der Waals surface area contributed by atoms with Gasteiger partial charge in [-0.2, -0.15) is 4.98 Å². The average molecular weight is 365 g/mol. The van der Waals surface area contributed by atoms with Gasteiger partial charge in [-0.25, -0.2) is 4.98 Å². The van der Waals surface area contributed by atoms with Crippen LogP contribution >= 0.6 is 0 Å². The van der Waals surface area contributed by atoms with Crippen LogP contribution in [0.5, 0.6) is 0 Å². The maximum atomic E-state index is 12.2. The summed E-state index contributed by atoms with van der Waals surface area (Å²) in [5, 5.41) is 16.4. The first-order valence-corrected chi connectivity index (χ1v) is 7.84. The smallest absolute Gasteiger partial charge is 0.329 e. The van der Waals surface area contributed by atoms with Gasteiger partial charge in [-0.15, -0.1) is 0 Å². The van der Waals surface area contributed by atoms with Crippen molar-refractivity contribution in [1.29, 1.82) is 0 Å². The molecule has 2 heterocycles. The van der Waals surface area contributed by atoms with Crippen molar-refractivity contribution in [3.05, 3.63) is 76.2 Å². The molecule has 0 atom stereocenters. The van der Waals surface area contributed by atoms with Crippen LogP contribution in [0.25, 0.3) is 0 Å². The molecule has 0 aliphatic carbocycles. The number of nitrogens with zero attached hydrogens (tertiary/aromatic N) is 4. The van der Waals surface area contributed by atoms with Crippen molar-refractivity contribution in [1.82, 2.24) is 15.0 Å². The van der Waals surface area contributed by atoms with Gasteiger partial charge in [-0.05, 0) is 29.8 Å². The molecule has 0 spiro atoms. The van der Waals surface area contributed by atoms with E-state index in [0.717, 1.165) is 11.8 Å². The van der Waals surface area contributed by atoms with Gasteiger partial charge in [-0.1, -0.05) is 12.1 Å². The van der Waals surface area contributed by atoms with Crippen LogP contribution in [0, 0.1) is 10.1 Å². The van der Waals surface area contributed by atoms with E-state index in [9.17, 15) is 14.9 Å². The lowest BCUT2D eigenvalue weighted by Gasteiger charge is -2.07. The summed E-state index contributed by atoms with van der Waals surface area (Å²) in [6.45, 7) is 0.365. The third-order valence-electron chi connectivity index (χ3n) is 3.60. The first-order valence-electron chi connectivity index (χ1n) is 7.84. The number of benzene rings is 1. The third kappa shape index (κ3) is 4.51.